The highest BCUT2D eigenvalue weighted by atomic mass is 19.4. The summed E-state index contributed by atoms with van der Waals surface area (Å²) in [5.41, 5.74) is 0.696. The molecule has 0 saturated carbocycles. The summed E-state index contributed by atoms with van der Waals surface area (Å²) in [4.78, 5) is 24.5. The van der Waals surface area contributed by atoms with Gasteiger partial charge in [-0.05, 0) is 31.7 Å². The first-order valence-electron chi connectivity index (χ1n) is 6.70. The van der Waals surface area contributed by atoms with Crippen LogP contribution in [0.25, 0.3) is 0 Å². The molecule has 3 amide bonds. The normalized spacial score (nSPS) is 12.7. The van der Waals surface area contributed by atoms with Gasteiger partial charge in [-0.25, -0.2) is 4.79 Å². The minimum absolute atomic E-state index is 0.311. The molecule has 9 heteroatoms. The van der Waals surface area contributed by atoms with Crippen LogP contribution in [-0.2, 0) is 11.3 Å². The third-order valence-electron chi connectivity index (χ3n) is 3.09. The van der Waals surface area contributed by atoms with Crippen LogP contribution in [0.3, 0.4) is 0 Å². The van der Waals surface area contributed by atoms with Crippen LogP contribution in [0.2, 0.25) is 0 Å². The van der Waals surface area contributed by atoms with E-state index in [9.17, 15) is 22.8 Å². The molecular weight excluding hydrogens is 315 g/mol. The molecule has 0 saturated heterocycles. The first-order valence-corrected chi connectivity index (χ1v) is 6.70. The number of rotatable bonds is 5. The van der Waals surface area contributed by atoms with Crippen LogP contribution in [-0.4, -0.2) is 43.3 Å². The lowest BCUT2D eigenvalue weighted by Crippen LogP contribution is -2.47. The van der Waals surface area contributed by atoms with E-state index in [0.717, 1.165) is 0 Å². The fraction of sp³-hybridized carbons (Fsp3) is 0.429. The number of halogens is 3. The Balaban J connectivity index is 2.61. The van der Waals surface area contributed by atoms with Crippen LogP contribution in [0.5, 0.6) is 5.75 Å². The van der Waals surface area contributed by atoms with Crippen molar-refractivity contribution in [2.45, 2.75) is 25.9 Å². The molecule has 0 aliphatic rings. The number of nitrogens with one attached hydrogen (secondary N) is 2. The number of carbonyl (C=O) groups excluding carboxylic acids is 2. The van der Waals surface area contributed by atoms with Crippen molar-refractivity contribution in [3.8, 4) is 5.75 Å². The topological polar surface area (TPSA) is 70.7 Å². The SMILES string of the molecule is CNC(=O)NC(=O)C(C)N(C)Cc1ccc(OC(F)(F)F)cc1. The van der Waals surface area contributed by atoms with Crippen molar-refractivity contribution in [1.82, 2.24) is 15.5 Å². The number of carbonyl (C=O) groups is 2. The van der Waals surface area contributed by atoms with E-state index in [1.165, 1.54) is 31.3 Å². The summed E-state index contributed by atoms with van der Waals surface area (Å²) in [6.07, 6.45) is -4.73. The monoisotopic (exact) mass is 333 g/mol. The maximum atomic E-state index is 12.1. The lowest BCUT2D eigenvalue weighted by molar-refractivity contribution is -0.274. The Morgan fingerprint density at radius 1 is 1.26 bits per heavy atom. The largest absolute Gasteiger partial charge is 0.573 e. The maximum absolute atomic E-state index is 12.1. The van der Waals surface area contributed by atoms with Crippen LogP contribution < -0.4 is 15.4 Å². The van der Waals surface area contributed by atoms with Gasteiger partial charge in [0.15, 0.2) is 0 Å². The Bertz CT molecular complexity index is 546. The van der Waals surface area contributed by atoms with Crippen LogP contribution in [0.1, 0.15) is 12.5 Å². The van der Waals surface area contributed by atoms with Crippen LogP contribution in [0, 0.1) is 0 Å². The number of hydrogen-bond donors (Lipinski definition) is 2. The molecule has 0 bridgehead atoms. The van der Waals surface area contributed by atoms with Crippen molar-refractivity contribution in [2.24, 2.45) is 0 Å². The number of imide groups is 1. The van der Waals surface area contributed by atoms with Gasteiger partial charge < -0.3 is 10.1 Å². The van der Waals surface area contributed by atoms with Gasteiger partial charge in [-0.2, -0.15) is 0 Å². The van der Waals surface area contributed by atoms with Gasteiger partial charge in [-0.1, -0.05) is 12.1 Å². The summed E-state index contributed by atoms with van der Waals surface area (Å²) in [7, 11) is 3.05. The number of ether oxygens (including phenoxy) is 1. The highest BCUT2D eigenvalue weighted by molar-refractivity contribution is 5.96. The van der Waals surface area contributed by atoms with E-state index >= 15 is 0 Å². The van der Waals surface area contributed by atoms with Crippen LogP contribution in [0.15, 0.2) is 24.3 Å². The summed E-state index contributed by atoms with van der Waals surface area (Å²) in [6, 6.07) is 4.14. The molecule has 1 atom stereocenters. The second-order valence-corrected chi connectivity index (χ2v) is 4.85. The summed E-state index contributed by atoms with van der Waals surface area (Å²) in [5, 5.41) is 4.42. The van der Waals surface area contributed by atoms with Gasteiger partial charge in [-0.3, -0.25) is 15.0 Å². The molecule has 23 heavy (non-hydrogen) atoms. The van der Waals surface area contributed by atoms with Gasteiger partial charge in [0.2, 0.25) is 5.91 Å². The molecule has 0 aromatic heterocycles. The highest BCUT2D eigenvalue weighted by Gasteiger charge is 2.31. The molecule has 1 aromatic rings. The van der Waals surface area contributed by atoms with Crippen molar-refractivity contribution >= 4 is 11.9 Å². The summed E-state index contributed by atoms with van der Waals surface area (Å²) >= 11 is 0. The average molecular weight is 333 g/mol. The average Bonchev–Trinajstić information content (AvgIpc) is 2.46. The zero-order valence-corrected chi connectivity index (χ0v) is 12.9. The Labute approximate surface area is 131 Å². The van der Waals surface area contributed by atoms with E-state index in [-0.39, 0.29) is 5.75 Å². The van der Waals surface area contributed by atoms with Gasteiger partial charge in [0, 0.05) is 13.6 Å². The van der Waals surface area contributed by atoms with E-state index in [1.807, 2.05) is 0 Å². The van der Waals surface area contributed by atoms with Crippen LogP contribution in [0.4, 0.5) is 18.0 Å². The second-order valence-electron chi connectivity index (χ2n) is 4.85. The van der Waals surface area contributed by atoms with Crippen molar-refractivity contribution in [3.05, 3.63) is 29.8 Å². The van der Waals surface area contributed by atoms with Gasteiger partial charge >= 0.3 is 12.4 Å². The van der Waals surface area contributed by atoms with Crippen molar-refractivity contribution in [2.75, 3.05) is 14.1 Å². The summed E-state index contributed by atoms with van der Waals surface area (Å²) in [5.74, 6) is -0.793. The predicted molar refractivity (Wildman–Crippen MR) is 76.7 cm³/mol. The predicted octanol–water partition coefficient (Wildman–Crippen LogP) is 1.86. The van der Waals surface area contributed by atoms with E-state index in [2.05, 4.69) is 15.4 Å². The van der Waals surface area contributed by atoms with Gasteiger partial charge in [0.1, 0.15) is 5.75 Å². The molecular formula is C14H18F3N3O3. The molecule has 0 aliphatic carbocycles. The fourth-order valence-electron chi connectivity index (χ4n) is 1.70. The number of amides is 3. The first-order chi connectivity index (χ1) is 10.6. The minimum Gasteiger partial charge on any atom is -0.406 e. The van der Waals surface area contributed by atoms with E-state index in [4.69, 9.17) is 0 Å². The molecule has 1 aromatic carbocycles. The van der Waals surface area contributed by atoms with E-state index in [0.29, 0.717) is 12.1 Å². The fourth-order valence-corrected chi connectivity index (χ4v) is 1.70. The third kappa shape index (κ3) is 6.55. The standard InChI is InChI=1S/C14H18F3N3O3/c1-9(12(21)19-13(22)18-2)20(3)8-10-4-6-11(7-5-10)23-14(15,16)17/h4-7,9H,8H2,1-3H3,(H2,18,19,21,22). The smallest absolute Gasteiger partial charge is 0.406 e. The molecule has 0 aliphatic heterocycles. The van der Waals surface area contributed by atoms with E-state index in [1.54, 1.807) is 18.9 Å². The van der Waals surface area contributed by atoms with Crippen LogP contribution >= 0.6 is 0 Å². The van der Waals surface area contributed by atoms with Gasteiger partial charge in [0.25, 0.3) is 0 Å². The van der Waals surface area contributed by atoms with Crippen molar-refractivity contribution in [3.63, 3.8) is 0 Å². The summed E-state index contributed by atoms with van der Waals surface area (Å²) < 4.78 is 40.0. The zero-order chi connectivity index (χ0) is 17.6. The Hall–Kier alpha value is -2.29. The number of benzene rings is 1. The maximum Gasteiger partial charge on any atom is 0.573 e. The molecule has 0 heterocycles. The quantitative estimate of drug-likeness (QED) is 0.863. The number of hydrogen-bond acceptors (Lipinski definition) is 4. The second kappa shape index (κ2) is 7.82. The van der Waals surface area contributed by atoms with Gasteiger partial charge in [-0.15, -0.1) is 13.2 Å². The number of likely N-dealkylation sites (N-methyl/N-ethyl adjacent to an activating group) is 1. The molecule has 1 rings (SSSR count). The lowest BCUT2D eigenvalue weighted by Gasteiger charge is -2.23. The molecule has 0 spiro atoms. The third-order valence-corrected chi connectivity index (χ3v) is 3.09. The summed E-state index contributed by atoms with van der Waals surface area (Å²) in [6.45, 7) is 1.92. The van der Waals surface area contributed by atoms with Crippen molar-refractivity contribution < 1.29 is 27.5 Å². The molecule has 1 unspecified atom stereocenters. The zero-order valence-electron chi connectivity index (χ0n) is 12.9. The number of urea groups is 1. The molecule has 6 nitrogen and oxygen atoms in total. The minimum atomic E-state index is -4.73. The number of alkyl halides is 3. The molecule has 128 valence electrons. The molecule has 0 fully saturated rings. The Kier molecular flexibility index (Phi) is 6.38. The van der Waals surface area contributed by atoms with E-state index < -0.39 is 24.3 Å². The molecule has 2 N–H and O–H groups in total. The van der Waals surface area contributed by atoms with Gasteiger partial charge in [0.05, 0.1) is 6.04 Å². The lowest BCUT2D eigenvalue weighted by atomic mass is 10.2. The Morgan fingerprint density at radius 2 is 1.83 bits per heavy atom. The number of nitrogens with zero attached hydrogens (tertiary/aromatic N) is 1. The van der Waals surface area contributed by atoms with Crippen molar-refractivity contribution in [1.29, 1.82) is 0 Å². The first kappa shape index (κ1) is 18.8. The Morgan fingerprint density at radius 3 is 2.30 bits per heavy atom. The highest BCUT2D eigenvalue weighted by Crippen LogP contribution is 2.23. The molecule has 0 radical (unpaired) electrons.